The van der Waals surface area contributed by atoms with Crippen molar-refractivity contribution in [3.8, 4) is 0 Å². The van der Waals surface area contributed by atoms with Crippen molar-refractivity contribution in [2.75, 3.05) is 53.2 Å². The van der Waals surface area contributed by atoms with Crippen LogP contribution in [0.15, 0.2) is 0 Å². The van der Waals surface area contributed by atoms with E-state index in [0.717, 1.165) is 0 Å². The van der Waals surface area contributed by atoms with E-state index in [1.165, 1.54) is 58.3 Å². The van der Waals surface area contributed by atoms with Gasteiger partial charge in [-0.2, -0.15) is 4.67 Å². The number of hydrogen-bond donors (Lipinski definition) is 0. The molecule has 0 unspecified atom stereocenters. The van der Waals surface area contributed by atoms with Gasteiger partial charge in [0.2, 0.25) is 0 Å². The van der Waals surface area contributed by atoms with Crippen molar-refractivity contribution in [3.63, 3.8) is 0 Å². The molecule has 1 rings (SSSR count). The molecule has 0 saturated carbocycles. The van der Waals surface area contributed by atoms with E-state index >= 15 is 0 Å². The van der Waals surface area contributed by atoms with Gasteiger partial charge >= 0.3 is 0 Å². The zero-order valence-corrected chi connectivity index (χ0v) is 12.6. The first kappa shape index (κ1) is 14.4. The van der Waals surface area contributed by atoms with E-state index in [2.05, 4.69) is 36.6 Å². The van der Waals surface area contributed by atoms with E-state index in [1.807, 2.05) is 0 Å². The van der Waals surface area contributed by atoms with Crippen molar-refractivity contribution in [2.45, 2.75) is 32.1 Å². The van der Waals surface area contributed by atoms with E-state index in [9.17, 15) is 0 Å². The molecular formula is C13H30N2P+. The van der Waals surface area contributed by atoms with Crippen LogP contribution in [0.3, 0.4) is 0 Å². The van der Waals surface area contributed by atoms with E-state index in [4.69, 9.17) is 0 Å². The van der Waals surface area contributed by atoms with E-state index in [-0.39, 0.29) is 0 Å². The van der Waals surface area contributed by atoms with Gasteiger partial charge in [0.1, 0.15) is 0 Å². The highest BCUT2D eigenvalue weighted by molar-refractivity contribution is 7.71. The Balaban J connectivity index is 2.24. The zero-order chi connectivity index (χ0) is 12.0. The SMILES string of the molecule is CN(CCN1CCCCCCC1)[P+](C)(C)C. The standard InChI is InChI=1S/C13H30N2P/c1-14(16(2,3)4)12-13-15-10-8-6-5-7-9-11-15/h5-13H2,1-4H3/q+1. The van der Waals surface area contributed by atoms with Gasteiger partial charge in [-0.3, -0.25) is 0 Å². The number of hydrogen-bond acceptors (Lipinski definition) is 2. The molecule has 0 bridgehead atoms. The average Bonchev–Trinajstić information content (AvgIpc) is 2.14. The summed E-state index contributed by atoms with van der Waals surface area (Å²) in [7, 11) is 1.50. The fraction of sp³-hybridized carbons (Fsp3) is 1.00. The van der Waals surface area contributed by atoms with Gasteiger partial charge in [0, 0.05) is 20.1 Å². The van der Waals surface area contributed by atoms with Crippen LogP contribution in [0.4, 0.5) is 0 Å². The summed E-state index contributed by atoms with van der Waals surface area (Å²) < 4.78 is 2.58. The van der Waals surface area contributed by atoms with Gasteiger partial charge in [-0.15, -0.1) is 0 Å². The molecule has 0 atom stereocenters. The third kappa shape index (κ3) is 5.61. The second kappa shape index (κ2) is 6.93. The van der Waals surface area contributed by atoms with Gasteiger partial charge in [0.25, 0.3) is 0 Å². The highest BCUT2D eigenvalue weighted by Crippen LogP contribution is 2.49. The number of rotatable bonds is 4. The predicted molar refractivity (Wildman–Crippen MR) is 76.8 cm³/mol. The monoisotopic (exact) mass is 245 g/mol. The highest BCUT2D eigenvalue weighted by atomic mass is 31.2. The maximum absolute atomic E-state index is 2.67. The predicted octanol–water partition coefficient (Wildman–Crippen LogP) is 3.01. The Morgan fingerprint density at radius 2 is 1.44 bits per heavy atom. The normalized spacial score (nSPS) is 20.8. The van der Waals surface area contributed by atoms with Crippen LogP contribution in [0.5, 0.6) is 0 Å². The summed E-state index contributed by atoms with van der Waals surface area (Å²) in [5.41, 5.74) is 0. The molecule has 0 aliphatic carbocycles. The molecule has 0 aromatic rings. The lowest BCUT2D eigenvalue weighted by Gasteiger charge is -2.29. The zero-order valence-electron chi connectivity index (χ0n) is 11.7. The molecule has 16 heavy (non-hydrogen) atoms. The van der Waals surface area contributed by atoms with Crippen molar-refractivity contribution >= 4 is 7.41 Å². The van der Waals surface area contributed by atoms with Crippen LogP contribution >= 0.6 is 7.41 Å². The van der Waals surface area contributed by atoms with E-state index < -0.39 is 7.41 Å². The van der Waals surface area contributed by atoms with Crippen molar-refractivity contribution in [3.05, 3.63) is 0 Å². The molecule has 1 aliphatic heterocycles. The lowest BCUT2D eigenvalue weighted by molar-refractivity contribution is 0.236. The van der Waals surface area contributed by atoms with Crippen LogP contribution in [0, 0.1) is 0 Å². The van der Waals surface area contributed by atoms with Crippen LogP contribution in [0.1, 0.15) is 32.1 Å². The number of likely N-dealkylation sites (tertiary alicyclic amines) is 1. The molecule has 0 spiro atoms. The topological polar surface area (TPSA) is 6.48 Å². The first-order chi connectivity index (χ1) is 7.50. The summed E-state index contributed by atoms with van der Waals surface area (Å²) in [5, 5.41) is 0. The number of nitrogens with zero attached hydrogens (tertiary/aromatic N) is 2. The Morgan fingerprint density at radius 3 is 1.94 bits per heavy atom. The lowest BCUT2D eigenvalue weighted by atomic mass is 10.1. The first-order valence-electron chi connectivity index (χ1n) is 6.75. The molecule has 0 radical (unpaired) electrons. The average molecular weight is 245 g/mol. The second-order valence-corrected chi connectivity index (χ2v) is 10.5. The quantitative estimate of drug-likeness (QED) is 0.703. The lowest BCUT2D eigenvalue weighted by Crippen LogP contribution is -2.34. The molecule has 0 amide bonds. The Kier molecular flexibility index (Phi) is 6.25. The molecule has 3 heteroatoms. The van der Waals surface area contributed by atoms with E-state index in [0.29, 0.717) is 0 Å². The molecule has 96 valence electrons. The minimum absolute atomic E-state index is 0.787. The molecular weight excluding hydrogens is 215 g/mol. The van der Waals surface area contributed by atoms with E-state index in [1.54, 1.807) is 0 Å². The molecule has 1 saturated heterocycles. The Labute approximate surface area is 103 Å². The fourth-order valence-electron chi connectivity index (χ4n) is 2.12. The van der Waals surface area contributed by atoms with Crippen LogP contribution in [0.2, 0.25) is 0 Å². The summed E-state index contributed by atoms with van der Waals surface area (Å²) in [6.45, 7) is 12.4. The minimum atomic E-state index is -0.787. The third-order valence-corrected chi connectivity index (χ3v) is 5.96. The van der Waals surface area contributed by atoms with Crippen molar-refractivity contribution < 1.29 is 0 Å². The van der Waals surface area contributed by atoms with Crippen LogP contribution < -0.4 is 0 Å². The van der Waals surface area contributed by atoms with Crippen LogP contribution in [-0.4, -0.2) is 62.8 Å². The smallest absolute Gasteiger partial charge is 0.0738 e. The minimum Gasteiger partial charge on any atom is -0.302 e. The van der Waals surface area contributed by atoms with Gasteiger partial charge in [-0.05, 0) is 25.9 Å². The second-order valence-electron chi connectivity index (χ2n) is 5.93. The third-order valence-electron chi connectivity index (χ3n) is 3.71. The molecule has 2 nitrogen and oxygen atoms in total. The molecule has 0 aromatic carbocycles. The van der Waals surface area contributed by atoms with Gasteiger partial charge in [0.05, 0.1) is 27.4 Å². The highest BCUT2D eigenvalue weighted by Gasteiger charge is 2.24. The van der Waals surface area contributed by atoms with Gasteiger partial charge in [-0.1, -0.05) is 19.3 Å². The fourth-order valence-corrected chi connectivity index (χ4v) is 2.81. The van der Waals surface area contributed by atoms with Crippen molar-refractivity contribution in [1.29, 1.82) is 0 Å². The largest absolute Gasteiger partial charge is 0.302 e. The molecule has 1 fully saturated rings. The molecule has 0 aromatic heterocycles. The maximum atomic E-state index is 2.67. The number of likely N-dealkylation sites (N-methyl/N-ethyl adjacent to an activating group) is 1. The summed E-state index contributed by atoms with van der Waals surface area (Å²) in [4.78, 5) is 2.67. The Bertz CT molecular complexity index is 181. The molecule has 1 heterocycles. The van der Waals surface area contributed by atoms with Crippen molar-refractivity contribution in [2.24, 2.45) is 0 Å². The summed E-state index contributed by atoms with van der Waals surface area (Å²) in [6.07, 6.45) is 7.17. The maximum Gasteiger partial charge on any atom is 0.0738 e. The summed E-state index contributed by atoms with van der Waals surface area (Å²) in [5.74, 6) is 0. The van der Waals surface area contributed by atoms with Gasteiger partial charge in [0.15, 0.2) is 0 Å². The van der Waals surface area contributed by atoms with Gasteiger partial charge < -0.3 is 4.90 Å². The Morgan fingerprint density at radius 1 is 0.938 bits per heavy atom. The van der Waals surface area contributed by atoms with Crippen molar-refractivity contribution in [1.82, 2.24) is 9.57 Å². The summed E-state index contributed by atoms with van der Waals surface area (Å²) >= 11 is 0. The molecule has 1 aliphatic rings. The van der Waals surface area contributed by atoms with Gasteiger partial charge in [-0.25, -0.2) is 0 Å². The first-order valence-corrected chi connectivity index (χ1v) is 9.84. The molecule has 0 N–H and O–H groups in total. The summed E-state index contributed by atoms with van der Waals surface area (Å²) in [6, 6.07) is 0. The van der Waals surface area contributed by atoms with Crippen LogP contribution in [-0.2, 0) is 0 Å². The van der Waals surface area contributed by atoms with Crippen LogP contribution in [0.25, 0.3) is 0 Å². The Hall–Kier alpha value is 0.350.